The number of hydrogen-bond donors (Lipinski definition) is 2. The number of amides is 1. The predicted octanol–water partition coefficient (Wildman–Crippen LogP) is 3.18. The third-order valence-corrected chi connectivity index (χ3v) is 4.25. The minimum absolute atomic E-state index is 0.0624. The van der Waals surface area contributed by atoms with Crippen molar-refractivity contribution in [3.63, 3.8) is 0 Å². The van der Waals surface area contributed by atoms with Crippen LogP contribution >= 0.6 is 0 Å². The van der Waals surface area contributed by atoms with Crippen LogP contribution < -0.4 is 5.32 Å². The number of halogens is 3. The Labute approximate surface area is 136 Å². The molecule has 0 bridgehead atoms. The summed E-state index contributed by atoms with van der Waals surface area (Å²) in [6.45, 7) is -0.0624. The highest BCUT2D eigenvalue weighted by Crippen LogP contribution is 2.49. The van der Waals surface area contributed by atoms with E-state index >= 15 is 0 Å². The second-order valence-electron chi connectivity index (χ2n) is 5.90. The number of alkyl halides is 3. The molecule has 1 aliphatic carbocycles. The monoisotopic (exact) mass is 339 g/mol. The molecule has 0 saturated heterocycles. The minimum atomic E-state index is -4.45. The molecule has 0 spiro atoms. The van der Waals surface area contributed by atoms with Gasteiger partial charge in [-0.15, -0.1) is 0 Å². The quantitative estimate of drug-likeness (QED) is 0.879. The van der Waals surface area contributed by atoms with Gasteiger partial charge < -0.3 is 14.8 Å². The van der Waals surface area contributed by atoms with Crippen LogP contribution in [-0.4, -0.2) is 17.6 Å². The first-order valence-electron chi connectivity index (χ1n) is 7.50. The molecule has 1 amide bonds. The van der Waals surface area contributed by atoms with Crippen LogP contribution in [0.1, 0.15) is 35.8 Å². The second-order valence-corrected chi connectivity index (χ2v) is 5.90. The van der Waals surface area contributed by atoms with Crippen molar-refractivity contribution in [2.45, 2.75) is 30.5 Å². The summed E-state index contributed by atoms with van der Waals surface area (Å²) in [7, 11) is 0. The second kappa shape index (κ2) is 5.98. The molecule has 0 radical (unpaired) electrons. The molecule has 1 fully saturated rings. The Hall–Kier alpha value is -2.28. The van der Waals surface area contributed by atoms with Crippen LogP contribution in [0, 0.1) is 0 Å². The zero-order valence-corrected chi connectivity index (χ0v) is 12.6. The molecule has 1 atom stereocenters. The average Bonchev–Trinajstić information content (AvgIpc) is 3.18. The number of aliphatic hydroxyl groups excluding tert-OH is 1. The molecule has 2 aromatic rings. The van der Waals surface area contributed by atoms with Gasteiger partial charge in [-0.25, -0.2) is 0 Å². The van der Waals surface area contributed by atoms with Gasteiger partial charge in [0.25, 0.3) is 0 Å². The van der Waals surface area contributed by atoms with Crippen LogP contribution in [0.4, 0.5) is 13.2 Å². The van der Waals surface area contributed by atoms with Crippen molar-refractivity contribution < 1.29 is 27.5 Å². The van der Waals surface area contributed by atoms with E-state index in [-0.39, 0.29) is 12.5 Å². The third kappa shape index (κ3) is 3.17. The molecule has 7 heteroatoms. The van der Waals surface area contributed by atoms with Gasteiger partial charge in [-0.3, -0.25) is 4.79 Å². The van der Waals surface area contributed by atoms with E-state index in [4.69, 9.17) is 4.42 Å². The fourth-order valence-electron chi connectivity index (χ4n) is 2.71. The van der Waals surface area contributed by atoms with Crippen molar-refractivity contribution >= 4 is 5.91 Å². The number of furan rings is 1. The molecule has 1 heterocycles. The van der Waals surface area contributed by atoms with Crippen LogP contribution in [0.5, 0.6) is 0 Å². The number of carbonyl (C=O) groups is 1. The summed E-state index contributed by atoms with van der Waals surface area (Å²) in [5, 5.41) is 12.5. The van der Waals surface area contributed by atoms with Gasteiger partial charge >= 0.3 is 6.18 Å². The average molecular weight is 339 g/mol. The maximum Gasteiger partial charge on any atom is 0.416 e. The number of carbonyl (C=O) groups excluding carboxylic acids is 1. The number of rotatable bonds is 5. The first-order chi connectivity index (χ1) is 11.3. The van der Waals surface area contributed by atoms with Crippen molar-refractivity contribution in [3.8, 4) is 0 Å². The highest BCUT2D eigenvalue weighted by molar-refractivity contribution is 5.91. The molecule has 1 saturated carbocycles. The Morgan fingerprint density at radius 3 is 2.62 bits per heavy atom. The van der Waals surface area contributed by atoms with Crippen LogP contribution in [-0.2, 0) is 16.4 Å². The van der Waals surface area contributed by atoms with E-state index in [1.54, 1.807) is 12.1 Å². The molecule has 1 aliphatic rings. The summed E-state index contributed by atoms with van der Waals surface area (Å²) < 4.78 is 43.6. The molecule has 1 aromatic carbocycles. The fourth-order valence-corrected chi connectivity index (χ4v) is 2.71. The Kier molecular flexibility index (Phi) is 4.13. The standard InChI is InChI=1S/C17H16F3NO3/c18-17(19,20)12-4-1-3-11(9-12)16(6-7-16)15(23)21-10-13(22)14-5-2-8-24-14/h1-5,8-9,13,22H,6-7,10H2,(H,21,23). The summed E-state index contributed by atoms with van der Waals surface area (Å²) in [4.78, 5) is 12.4. The highest BCUT2D eigenvalue weighted by Gasteiger charge is 2.51. The Morgan fingerprint density at radius 1 is 1.29 bits per heavy atom. The number of hydrogen-bond acceptors (Lipinski definition) is 3. The van der Waals surface area contributed by atoms with Crippen molar-refractivity contribution in [2.75, 3.05) is 6.54 Å². The Morgan fingerprint density at radius 2 is 2.04 bits per heavy atom. The van der Waals surface area contributed by atoms with Gasteiger partial charge in [-0.1, -0.05) is 18.2 Å². The zero-order chi connectivity index (χ0) is 17.4. The summed E-state index contributed by atoms with van der Waals surface area (Å²) in [5.74, 6) is -0.0633. The Balaban J connectivity index is 1.71. The van der Waals surface area contributed by atoms with Crippen molar-refractivity contribution in [3.05, 3.63) is 59.5 Å². The van der Waals surface area contributed by atoms with Crippen LogP contribution in [0.15, 0.2) is 47.1 Å². The summed E-state index contributed by atoms with van der Waals surface area (Å²) >= 11 is 0. The SMILES string of the molecule is O=C(NCC(O)c1ccco1)C1(c2cccc(C(F)(F)F)c2)CC1. The first-order valence-corrected chi connectivity index (χ1v) is 7.50. The first kappa shape index (κ1) is 16.6. The molecule has 3 rings (SSSR count). The molecular formula is C17H16F3NO3. The van der Waals surface area contributed by atoms with E-state index in [1.807, 2.05) is 0 Å². The molecule has 2 N–H and O–H groups in total. The lowest BCUT2D eigenvalue weighted by atomic mass is 9.93. The molecule has 128 valence electrons. The minimum Gasteiger partial charge on any atom is -0.467 e. The van der Waals surface area contributed by atoms with E-state index in [0.29, 0.717) is 24.2 Å². The van der Waals surface area contributed by atoms with E-state index < -0.39 is 23.3 Å². The maximum atomic E-state index is 12.8. The topological polar surface area (TPSA) is 62.5 Å². The molecule has 1 aromatic heterocycles. The van der Waals surface area contributed by atoms with Gasteiger partial charge in [0.05, 0.1) is 23.8 Å². The van der Waals surface area contributed by atoms with Gasteiger partial charge in [-0.05, 0) is 36.6 Å². The van der Waals surface area contributed by atoms with E-state index in [9.17, 15) is 23.1 Å². The van der Waals surface area contributed by atoms with Crippen LogP contribution in [0.25, 0.3) is 0 Å². The van der Waals surface area contributed by atoms with Gasteiger partial charge in [0.15, 0.2) is 0 Å². The summed E-state index contributed by atoms with van der Waals surface area (Å²) in [6, 6.07) is 8.05. The highest BCUT2D eigenvalue weighted by atomic mass is 19.4. The maximum absolute atomic E-state index is 12.8. The molecule has 0 aliphatic heterocycles. The van der Waals surface area contributed by atoms with E-state index in [0.717, 1.165) is 12.1 Å². The number of aliphatic hydroxyl groups is 1. The van der Waals surface area contributed by atoms with E-state index in [1.165, 1.54) is 18.4 Å². The lowest BCUT2D eigenvalue weighted by molar-refractivity contribution is -0.137. The number of nitrogens with one attached hydrogen (secondary N) is 1. The van der Waals surface area contributed by atoms with Gasteiger partial charge in [0.2, 0.25) is 5.91 Å². The zero-order valence-electron chi connectivity index (χ0n) is 12.6. The van der Waals surface area contributed by atoms with Crippen molar-refractivity contribution in [1.82, 2.24) is 5.32 Å². The van der Waals surface area contributed by atoms with Gasteiger partial charge in [-0.2, -0.15) is 13.2 Å². The largest absolute Gasteiger partial charge is 0.467 e. The van der Waals surface area contributed by atoms with Gasteiger partial charge in [0.1, 0.15) is 11.9 Å². The molecule has 1 unspecified atom stereocenters. The Bertz CT molecular complexity index is 721. The summed E-state index contributed by atoms with van der Waals surface area (Å²) in [5.41, 5.74) is -1.36. The molecule has 24 heavy (non-hydrogen) atoms. The summed E-state index contributed by atoms with van der Waals surface area (Å²) in [6.07, 6.45) is -3.07. The van der Waals surface area contributed by atoms with Crippen molar-refractivity contribution in [2.24, 2.45) is 0 Å². The van der Waals surface area contributed by atoms with Gasteiger partial charge in [0, 0.05) is 0 Å². The normalized spacial score (nSPS) is 17.3. The molecule has 4 nitrogen and oxygen atoms in total. The fraction of sp³-hybridized carbons (Fsp3) is 0.353. The smallest absolute Gasteiger partial charge is 0.416 e. The van der Waals surface area contributed by atoms with Crippen LogP contribution in [0.2, 0.25) is 0 Å². The predicted molar refractivity (Wildman–Crippen MR) is 79.0 cm³/mol. The lowest BCUT2D eigenvalue weighted by Gasteiger charge is -2.18. The van der Waals surface area contributed by atoms with Crippen LogP contribution in [0.3, 0.4) is 0 Å². The lowest BCUT2D eigenvalue weighted by Crippen LogP contribution is -2.37. The third-order valence-electron chi connectivity index (χ3n) is 4.25. The van der Waals surface area contributed by atoms with E-state index in [2.05, 4.69) is 5.32 Å². The molecular weight excluding hydrogens is 323 g/mol. The number of benzene rings is 1. The van der Waals surface area contributed by atoms with Crippen molar-refractivity contribution in [1.29, 1.82) is 0 Å².